The first-order chi connectivity index (χ1) is 9.56. The summed E-state index contributed by atoms with van der Waals surface area (Å²) in [5.74, 6) is -1.28. The maximum atomic E-state index is 12.2. The number of rotatable bonds is 3. The van der Waals surface area contributed by atoms with Crippen molar-refractivity contribution in [2.75, 3.05) is 0 Å². The molecule has 1 aromatic rings. The zero-order valence-corrected chi connectivity index (χ0v) is 10.9. The van der Waals surface area contributed by atoms with Crippen LogP contribution < -0.4 is 0 Å². The normalized spacial score (nSPS) is 25.1. The van der Waals surface area contributed by atoms with Crippen molar-refractivity contribution in [1.29, 1.82) is 0 Å². The van der Waals surface area contributed by atoms with Crippen molar-refractivity contribution in [3.05, 3.63) is 35.4 Å². The molecule has 20 heavy (non-hydrogen) atoms. The molecule has 1 saturated heterocycles. The highest BCUT2D eigenvalue weighted by Gasteiger charge is 2.45. The molecule has 1 N–H and O–H groups in total. The largest absolute Gasteiger partial charge is 0.478 e. The Hall–Kier alpha value is -2.17. The van der Waals surface area contributed by atoms with E-state index in [1.54, 1.807) is 12.1 Å². The van der Waals surface area contributed by atoms with Gasteiger partial charge in [-0.15, -0.1) is 0 Å². The van der Waals surface area contributed by atoms with Gasteiger partial charge in [-0.25, -0.2) is 4.79 Å². The summed E-state index contributed by atoms with van der Waals surface area (Å²) in [5.41, 5.74) is 0.843. The average Bonchev–Trinajstić information content (AvgIpc) is 2.89. The van der Waals surface area contributed by atoms with E-state index in [0.717, 1.165) is 12.8 Å². The summed E-state index contributed by atoms with van der Waals surface area (Å²) in [6.45, 7) is 0.172. The van der Waals surface area contributed by atoms with Gasteiger partial charge in [-0.1, -0.05) is 12.1 Å². The summed E-state index contributed by atoms with van der Waals surface area (Å²) in [7, 11) is 0. The Morgan fingerprint density at radius 2 is 1.85 bits per heavy atom. The van der Waals surface area contributed by atoms with Crippen molar-refractivity contribution >= 4 is 17.8 Å². The summed E-state index contributed by atoms with van der Waals surface area (Å²) >= 11 is 0. The zero-order valence-electron chi connectivity index (χ0n) is 10.9. The van der Waals surface area contributed by atoms with Crippen molar-refractivity contribution in [3.8, 4) is 0 Å². The summed E-state index contributed by atoms with van der Waals surface area (Å²) < 4.78 is 0. The van der Waals surface area contributed by atoms with E-state index in [1.165, 1.54) is 17.0 Å². The minimum atomic E-state index is -1.01. The number of fused-ring (bicyclic) bond motifs is 2. The van der Waals surface area contributed by atoms with Crippen LogP contribution in [0.25, 0.3) is 0 Å². The third-order valence-electron chi connectivity index (χ3n) is 4.18. The molecule has 1 saturated carbocycles. The lowest BCUT2D eigenvalue weighted by molar-refractivity contribution is -0.153. The Kier molecular flexibility index (Phi) is 3.04. The number of benzene rings is 1. The standard InChI is InChI=1S/C15H15NO4/c17-13-10-4-5-11(7-10)14(18)16(13)8-9-2-1-3-12(6-9)15(19)20/h1-3,6,10-11H,4-5,7-8H2,(H,19,20). The predicted octanol–water partition coefficient (Wildman–Crippen LogP) is 1.67. The van der Waals surface area contributed by atoms with Gasteiger partial charge in [-0.05, 0) is 37.0 Å². The molecule has 2 bridgehead atoms. The van der Waals surface area contributed by atoms with Crippen LogP contribution in [0.5, 0.6) is 0 Å². The molecule has 104 valence electrons. The van der Waals surface area contributed by atoms with E-state index in [-0.39, 0.29) is 35.8 Å². The second kappa shape index (κ2) is 4.74. The van der Waals surface area contributed by atoms with Gasteiger partial charge in [0.2, 0.25) is 11.8 Å². The molecular formula is C15H15NO4. The van der Waals surface area contributed by atoms with Crippen LogP contribution in [-0.4, -0.2) is 27.8 Å². The van der Waals surface area contributed by atoms with Crippen LogP contribution in [-0.2, 0) is 16.1 Å². The fraction of sp³-hybridized carbons (Fsp3) is 0.400. The Bertz CT molecular complexity index is 573. The second-order valence-electron chi connectivity index (χ2n) is 5.48. The molecule has 1 aliphatic heterocycles. The zero-order chi connectivity index (χ0) is 14.3. The summed E-state index contributed by atoms with van der Waals surface area (Å²) in [6.07, 6.45) is 2.27. The minimum absolute atomic E-state index is 0.0274. The van der Waals surface area contributed by atoms with Crippen molar-refractivity contribution in [1.82, 2.24) is 4.90 Å². The highest BCUT2D eigenvalue weighted by Crippen LogP contribution is 2.38. The molecule has 0 radical (unpaired) electrons. The number of piperidine rings is 1. The molecule has 1 heterocycles. The average molecular weight is 273 g/mol. The number of nitrogens with zero attached hydrogens (tertiary/aromatic N) is 1. The SMILES string of the molecule is O=C(O)c1cccc(CN2C(=O)C3CCC(C3)C2=O)c1. The van der Waals surface area contributed by atoms with Crippen molar-refractivity contribution < 1.29 is 19.5 Å². The molecule has 2 aliphatic rings. The third-order valence-corrected chi connectivity index (χ3v) is 4.18. The Balaban J connectivity index is 1.83. The topological polar surface area (TPSA) is 74.7 Å². The molecule has 2 unspecified atom stereocenters. The molecule has 1 aromatic carbocycles. The number of likely N-dealkylation sites (tertiary alicyclic amines) is 1. The highest BCUT2D eigenvalue weighted by atomic mass is 16.4. The number of aromatic carboxylic acids is 1. The Labute approximate surface area is 116 Å². The van der Waals surface area contributed by atoms with Crippen molar-refractivity contribution in [2.24, 2.45) is 11.8 Å². The number of carboxylic acid groups (broad SMARTS) is 1. The molecular weight excluding hydrogens is 258 g/mol. The molecule has 5 nitrogen and oxygen atoms in total. The molecule has 2 atom stereocenters. The van der Waals surface area contributed by atoms with E-state index in [1.807, 2.05) is 0 Å². The van der Waals surface area contributed by atoms with Gasteiger partial charge < -0.3 is 5.11 Å². The van der Waals surface area contributed by atoms with Gasteiger partial charge in [0.1, 0.15) is 0 Å². The molecule has 3 rings (SSSR count). The summed E-state index contributed by atoms with van der Waals surface area (Å²) in [6, 6.07) is 6.38. The first-order valence-corrected chi connectivity index (χ1v) is 6.73. The van der Waals surface area contributed by atoms with Crippen LogP contribution in [0.15, 0.2) is 24.3 Å². The monoisotopic (exact) mass is 273 g/mol. The lowest BCUT2D eigenvalue weighted by Gasteiger charge is -2.29. The highest BCUT2D eigenvalue weighted by molar-refractivity contribution is 6.00. The van der Waals surface area contributed by atoms with Gasteiger partial charge in [0.05, 0.1) is 12.1 Å². The molecule has 2 amide bonds. The van der Waals surface area contributed by atoms with Crippen LogP contribution in [0, 0.1) is 11.8 Å². The number of hydrogen-bond donors (Lipinski definition) is 1. The molecule has 1 aliphatic carbocycles. The Morgan fingerprint density at radius 3 is 2.45 bits per heavy atom. The summed E-state index contributed by atoms with van der Waals surface area (Å²) in [4.78, 5) is 36.7. The van der Waals surface area contributed by atoms with E-state index in [0.29, 0.717) is 12.0 Å². The van der Waals surface area contributed by atoms with Gasteiger partial charge in [-0.3, -0.25) is 14.5 Å². The van der Waals surface area contributed by atoms with E-state index in [2.05, 4.69) is 0 Å². The minimum Gasteiger partial charge on any atom is -0.478 e. The Morgan fingerprint density at radius 1 is 1.20 bits per heavy atom. The van der Waals surface area contributed by atoms with E-state index >= 15 is 0 Å². The number of carboxylic acids is 1. The van der Waals surface area contributed by atoms with Crippen LogP contribution >= 0.6 is 0 Å². The van der Waals surface area contributed by atoms with Gasteiger partial charge >= 0.3 is 5.97 Å². The van der Waals surface area contributed by atoms with Crippen molar-refractivity contribution in [3.63, 3.8) is 0 Å². The smallest absolute Gasteiger partial charge is 0.335 e. The number of carbonyl (C=O) groups is 3. The fourth-order valence-electron chi connectivity index (χ4n) is 3.12. The van der Waals surface area contributed by atoms with Gasteiger partial charge in [-0.2, -0.15) is 0 Å². The predicted molar refractivity (Wildman–Crippen MR) is 69.8 cm³/mol. The van der Waals surface area contributed by atoms with Crippen LogP contribution in [0.3, 0.4) is 0 Å². The van der Waals surface area contributed by atoms with E-state index in [9.17, 15) is 14.4 Å². The number of carbonyl (C=O) groups excluding carboxylic acids is 2. The first kappa shape index (κ1) is 12.8. The van der Waals surface area contributed by atoms with Crippen molar-refractivity contribution in [2.45, 2.75) is 25.8 Å². The second-order valence-corrected chi connectivity index (χ2v) is 5.48. The third kappa shape index (κ3) is 2.09. The van der Waals surface area contributed by atoms with E-state index < -0.39 is 5.97 Å². The molecule has 0 aromatic heterocycles. The lowest BCUT2D eigenvalue weighted by atomic mass is 9.96. The summed E-state index contributed by atoms with van der Waals surface area (Å²) in [5, 5.41) is 8.97. The van der Waals surface area contributed by atoms with Crippen LogP contribution in [0.2, 0.25) is 0 Å². The first-order valence-electron chi connectivity index (χ1n) is 6.73. The number of imide groups is 1. The molecule has 0 spiro atoms. The van der Waals surface area contributed by atoms with Crippen LogP contribution in [0.4, 0.5) is 0 Å². The van der Waals surface area contributed by atoms with E-state index in [4.69, 9.17) is 5.11 Å². The van der Waals surface area contributed by atoms with Gasteiger partial charge in [0.15, 0.2) is 0 Å². The van der Waals surface area contributed by atoms with Crippen LogP contribution in [0.1, 0.15) is 35.2 Å². The van der Waals surface area contributed by atoms with Gasteiger partial charge in [0.25, 0.3) is 0 Å². The quantitative estimate of drug-likeness (QED) is 0.850. The number of hydrogen-bond acceptors (Lipinski definition) is 3. The fourth-order valence-corrected chi connectivity index (χ4v) is 3.12. The number of amides is 2. The maximum absolute atomic E-state index is 12.2. The lowest BCUT2D eigenvalue weighted by Crippen LogP contribution is -2.45. The molecule has 5 heteroatoms. The maximum Gasteiger partial charge on any atom is 0.335 e. The van der Waals surface area contributed by atoms with Gasteiger partial charge in [0, 0.05) is 11.8 Å². The molecule has 2 fully saturated rings.